The number of carbonyl (C=O) groups is 2. The molecular weight excluding hydrogens is 527 g/mol. The zero-order valence-electron chi connectivity index (χ0n) is 22.0. The van der Waals surface area contributed by atoms with Gasteiger partial charge in [-0.15, -0.1) is 0 Å². The molecule has 39 heavy (non-hydrogen) atoms. The number of esters is 1. The minimum Gasteiger partial charge on any atom is -0.492 e. The van der Waals surface area contributed by atoms with E-state index in [9.17, 15) is 23.3 Å². The van der Waals surface area contributed by atoms with Crippen molar-refractivity contribution in [1.82, 2.24) is 4.90 Å². The van der Waals surface area contributed by atoms with Crippen LogP contribution in [-0.2, 0) is 20.5 Å². The van der Waals surface area contributed by atoms with Crippen molar-refractivity contribution in [3.05, 3.63) is 58.9 Å². The molecule has 0 radical (unpaired) electrons. The minimum atomic E-state index is -2.24. The SMILES string of the molecule is COC(=O)c1c(N(C(=O)OC)S(=O)c2ccc(F)cc2C=CCN2CCC(C)(O)C2)ccc2c1OCC1CC21. The first-order valence-electron chi connectivity index (χ1n) is 12.7. The first-order valence-corrected chi connectivity index (χ1v) is 13.8. The summed E-state index contributed by atoms with van der Waals surface area (Å²) < 4.78 is 45.1. The van der Waals surface area contributed by atoms with Crippen LogP contribution in [0.3, 0.4) is 0 Å². The maximum absolute atomic E-state index is 14.3. The molecule has 1 saturated heterocycles. The smallest absolute Gasteiger partial charge is 0.426 e. The van der Waals surface area contributed by atoms with Crippen molar-refractivity contribution in [3.63, 3.8) is 0 Å². The molecule has 2 aromatic carbocycles. The highest BCUT2D eigenvalue weighted by Gasteiger charge is 2.46. The summed E-state index contributed by atoms with van der Waals surface area (Å²) in [7, 11) is 0.118. The number of hydrogen-bond donors (Lipinski definition) is 1. The Bertz CT molecular complexity index is 1360. The van der Waals surface area contributed by atoms with Crippen molar-refractivity contribution in [3.8, 4) is 5.75 Å². The fraction of sp³-hybridized carbons (Fsp3) is 0.429. The third-order valence-corrected chi connectivity index (χ3v) is 8.82. The molecule has 1 aliphatic carbocycles. The summed E-state index contributed by atoms with van der Waals surface area (Å²) in [6.07, 6.45) is 4.04. The first-order chi connectivity index (χ1) is 18.6. The van der Waals surface area contributed by atoms with Gasteiger partial charge in [0.05, 0.1) is 37.0 Å². The molecular formula is C28H31FN2O7S. The predicted octanol–water partition coefficient (Wildman–Crippen LogP) is 3.87. The number of hydrogen-bond acceptors (Lipinski definition) is 8. The molecule has 0 bridgehead atoms. The first kappa shape index (κ1) is 27.3. The molecule has 2 fully saturated rings. The van der Waals surface area contributed by atoms with Crippen molar-refractivity contribution >= 4 is 34.8 Å². The van der Waals surface area contributed by atoms with E-state index >= 15 is 0 Å². The maximum atomic E-state index is 14.3. The molecule has 9 nitrogen and oxygen atoms in total. The van der Waals surface area contributed by atoms with Crippen molar-refractivity contribution in [2.45, 2.75) is 36.2 Å². The molecule has 4 unspecified atom stereocenters. The van der Waals surface area contributed by atoms with E-state index in [1.165, 1.54) is 19.2 Å². The fourth-order valence-corrected chi connectivity index (χ4v) is 6.53. The van der Waals surface area contributed by atoms with Gasteiger partial charge in [0.2, 0.25) is 0 Å². The molecule has 1 saturated carbocycles. The van der Waals surface area contributed by atoms with E-state index in [2.05, 4.69) is 0 Å². The fourth-order valence-electron chi connectivity index (χ4n) is 5.28. The van der Waals surface area contributed by atoms with Crippen LogP contribution in [0.25, 0.3) is 6.08 Å². The van der Waals surface area contributed by atoms with Crippen LogP contribution in [0, 0.1) is 11.7 Å². The lowest BCUT2D eigenvalue weighted by Gasteiger charge is -2.26. The molecule has 0 aromatic heterocycles. The number of methoxy groups -OCH3 is 2. The minimum absolute atomic E-state index is 0.00318. The van der Waals surface area contributed by atoms with Crippen LogP contribution in [0.4, 0.5) is 14.9 Å². The Hall–Kier alpha value is -3.28. The second-order valence-electron chi connectivity index (χ2n) is 10.4. The number of nitrogens with zero attached hydrogens (tertiary/aromatic N) is 2. The van der Waals surface area contributed by atoms with Gasteiger partial charge in [0, 0.05) is 25.6 Å². The highest BCUT2D eigenvalue weighted by molar-refractivity contribution is 7.87. The van der Waals surface area contributed by atoms with E-state index in [4.69, 9.17) is 14.2 Å². The van der Waals surface area contributed by atoms with Gasteiger partial charge in [-0.2, -0.15) is 4.31 Å². The highest BCUT2D eigenvalue weighted by atomic mass is 32.2. The number of carbonyl (C=O) groups excluding carboxylic acids is 2. The normalized spacial score (nSPS) is 24.4. The molecule has 1 N–H and O–H groups in total. The second kappa shape index (κ2) is 10.7. The lowest BCUT2D eigenvalue weighted by Crippen LogP contribution is -2.35. The number of anilines is 1. The van der Waals surface area contributed by atoms with E-state index in [1.807, 2.05) is 4.90 Å². The van der Waals surface area contributed by atoms with Gasteiger partial charge in [-0.1, -0.05) is 18.2 Å². The highest BCUT2D eigenvalue weighted by Crippen LogP contribution is 2.55. The van der Waals surface area contributed by atoms with Gasteiger partial charge in [0.25, 0.3) is 0 Å². The van der Waals surface area contributed by atoms with E-state index < -0.39 is 34.5 Å². The van der Waals surface area contributed by atoms with Gasteiger partial charge in [0.1, 0.15) is 17.1 Å². The number of aliphatic hydroxyl groups is 1. The van der Waals surface area contributed by atoms with Crippen LogP contribution in [-0.4, -0.2) is 72.3 Å². The van der Waals surface area contributed by atoms with E-state index in [-0.39, 0.29) is 22.1 Å². The van der Waals surface area contributed by atoms with E-state index in [0.29, 0.717) is 49.9 Å². The van der Waals surface area contributed by atoms with Crippen molar-refractivity contribution in [1.29, 1.82) is 0 Å². The molecule has 5 rings (SSSR count). The zero-order valence-corrected chi connectivity index (χ0v) is 22.8. The Morgan fingerprint density at radius 1 is 1.28 bits per heavy atom. The number of β-amino-alcohol motifs (C(OH)–C–C–N with tert-alkyl or cyclic N) is 1. The summed E-state index contributed by atoms with van der Waals surface area (Å²) in [5.41, 5.74) is 0.374. The standard InChI is InChI=1S/C28H31FN2O7S/c1-28(34)10-12-30(16-28)11-4-5-17-13-19(29)6-9-23(17)39(35)31(27(33)37-3)22-8-7-20-21-14-18(21)15-38-25(20)24(22)26(32)36-2/h4-9,13,18,21,34H,10-12,14-16H2,1-3H3. The summed E-state index contributed by atoms with van der Waals surface area (Å²) in [6.45, 7) is 3.94. The number of ether oxygens (including phenoxy) is 3. The van der Waals surface area contributed by atoms with Gasteiger partial charge in [0.15, 0.2) is 11.0 Å². The monoisotopic (exact) mass is 558 g/mol. The van der Waals surface area contributed by atoms with Crippen LogP contribution >= 0.6 is 0 Å². The summed E-state index contributed by atoms with van der Waals surface area (Å²) in [6, 6.07) is 7.03. The van der Waals surface area contributed by atoms with Crippen LogP contribution in [0.15, 0.2) is 41.3 Å². The molecule has 208 valence electrons. The number of amides is 1. The molecule has 1 amide bonds. The average molecular weight is 559 g/mol. The lowest BCUT2D eigenvalue weighted by molar-refractivity contribution is 0.0595. The zero-order chi connectivity index (χ0) is 27.9. The number of halogens is 1. The lowest BCUT2D eigenvalue weighted by atomic mass is 10.00. The molecule has 2 aliphatic heterocycles. The molecule has 0 spiro atoms. The number of likely N-dealkylation sites (tertiary alicyclic amines) is 1. The molecule has 11 heteroatoms. The van der Waals surface area contributed by atoms with Crippen LogP contribution in [0.5, 0.6) is 5.75 Å². The number of rotatable bonds is 7. The molecule has 3 aliphatic rings. The number of fused-ring (bicyclic) bond motifs is 3. The number of benzene rings is 2. The van der Waals surface area contributed by atoms with E-state index in [0.717, 1.165) is 29.5 Å². The van der Waals surface area contributed by atoms with Crippen LogP contribution in [0.1, 0.15) is 47.2 Å². The largest absolute Gasteiger partial charge is 0.492 e. The Balaban J connectivity index is 1.52. The topological polar surface area (TPSA) is 106 Å². The van der Waals surface area contributed by atoms with Gasteiger partial charge in [-0.05, 0) is 61.1 Å². The van der Waals surface area contributed by atoms with Crippen molar-refractivity contribution < 1.29 is 37.5 Å². The average Bonchev–Trinajstić information content (AvgIpc) is 3.63. The summed E-state index contributed by atoms with van der Waals surface area (Å²) in [5.74, 6) is -0.325. The van der Waals surface area contributed by atoms with Gasteiger partial charge < -0.3 is 19.3 Å². The molecule has 4 atom stereocenters. The Kier molecular flexibility index (Phi) is 7.49. The van der Waals surface area contributed by atoms with Crippen molar-refractivity contribution in [2.75, 3.05) is 44.8 Å². The summed E-state index contributed by atoms with van der Waals surface area (Å²) in [5, 5.41) is 10.2. The Morgan fingerprint density at radius 3 is 2.77 bits per heavy atom. The Labute approximate surface area is 228 Å². The maximum Gasteiger partial charge on any atom is 0.426 e. The van der Waals surface area contributed by atoms with Gasteiger partial charge in [-0.3, -0.25) is 4.90 Å². The Morgan fingerprint density at radius 2 is 2.08 bits per heavy atom. The third kappa shape index (κ3) is 5.43. The molecule has 2 heterocycles. The van der Waals surface area contributed by atoms with Crippen molar-refractivity contribution in [2.24, 2.45) is 5.92 Å². The van der Waals surface area contributed by atoms with Gasteiger partial charge >= 0.3 is 12.1 Å². The quantitative estimate of drug-likeness (QED) is 0.511. The second-order valence-corrected chi connectivity index (χ2v) is 11.7. The van der Waals surface area contributed by atoms with E-state index in [1.54, 1.807) is 31.2 Å². The molecule has 2 aromatic rings. The van der Waals surface area contributed by atoms with Crippen LogP contribution < -0.4 is 9.04 Å². The summed E-state index contributed by atoms with van der Waals surface area (Å²) >= 11 is 0. The van der Waals surface area contributed by atoms with Crippen LogP contribution in [0.2, 0.25) is 0 Å². The van der Waals surface area contributed by atoms with Gasteiger partial charge in [-0.25, -0.2) is 18.2 Å². The summed E-state index contributed by atoms with van der Waals surface area (Å²) in [4.78, 5) is 28.2. The third-order valence-electron chi connectivity index (χ3n) is 7.40. The predicted molar refractivity (Wildman–Crippen MR) is 143 cm³/mol.